The van der Waals surface area contributed by atoms with Crippen LogP contribution in [0, 0.1) is 0 Å². The number of hydrogen-bond donors (Lipinski definition) is 2. The molecule has 0 bridgehead atoms. The minimum Gasteiger partial charge on any atom is -0.462 e. The average molecular weight is 369 g/mol. The monoisotopic (exact) mass is 368 g/mol. The third-order valence-electron chi connectivity index (χ3n) is 3.02. The first-order valence-electron chi connectivity index (χ1n) is 6.15. The molecule has 0 aromatic carbocycles. The van der Waals surface area contributed by atoms with E-state index in [1.54, 1.807) is 0 Å². The highest BCUT2D eigenvalue weighted by Gasteiger charge is 2.32. The molecule has 0 saturated carbocycles. The normalized spacial score (nSPS) is 35.1. The molecule has 1 aromatic rings. The molecule has 19 heavy (non-hydrogen) atoms. The third-order valence-corrected chi connectivity index (χ3v) is 11.0. The molecule has 106 valence electrons. The van der Waals surface area contributed by atoms with Crippen LogP contribution in [0.15, 0.2) is 16.5 Å². The van der Waals surface area contributed by atoms with Crippen LogP contribution in [0.3, 0.4) is 0 Å². The minimum atomic E-state index is 0.461. The van der Waals surface area contributed by atoms with Crippen LogP contribution in [0.4, 0.5) is 0 Å². The Morgan fingerprint density at radius 2 is 1.42 bits per heavy atom. The van der Waals surface area contributed by atoms with Gasteiger partial charge in [0, 0.05) is 33.5 Å². The molecule has 1 nitrogen and oxygen atoms in total. The van der Waals surface area contributed by atoms with Crippen molar-refractivity contribution in [1.82, 2.24) is 0 Å². The molecule has 0 amide bonds. The minimum absolute atomic E-state index is 0.461. The second-order valence-electron chi connectivity index (χ2n) is 4.45. The number of thiol groups is 2. The average Bonchev–Trinajstić information content (AvgIpc) is 3.16. The Morgan fingerprint density at radius 3 is 1.79 bits per heavy atom. The molecule has 0 spiro atoms. The summed E-state index contributed by atoms with van der Waals surface area (Å²) in [5.74, 6) is 6.54. The van der Waals surface area contributed by atoms with E-state index in [0.717, 1.165) is 23.0 Å². The summed E-state index contributed by atoms with van der Waals surface area (Å²) in [6.07, 6.45) is 0. The molecule has 0 aliphatic carbocycles. The van der Waals surface area contributed by atoms with Crippen molar-refractivity contribution in [2.24, 2.45) is 0 Å². The van der Waals surface area contributed by atoms with Gasteiger partial charge >= 0.3 is 0 Å². The topological polar surface area (TPSA) is 13.1 Å². The van der Waals surface area contributed by atoms with Gasteiger partial charge in [-0.15, -0.1) is 47.0 Å². The molecule has 2 aliphatic rings. The van der Waals surface area contributed by atoms with E-state index >= 15 is 0 Å². The Hall–Kier alpha value is 1.38. The Morgan fingerprint density at radius 1 is 0.947 bits per heavy atom. The van der Waals surface area contributed by atoms with Gasteiger partial charge in [0.1, 0.15) is 20.7 Å². The van der Waals surface area contributed by atoms with Crippen molar-refractivity contribution < 1.29 is 4.42 Å². The van der Waals surface area contributed by atoms with E-state index in [9.17, 15) is 0 Å². The summed E-state index contributed by atoms with van der Waals surface area (Å²) in [6, 6.07) is 4.33. The lowest BCUT2D eigenvalue weighted by Crippen LogP contribution is -2.01. The largest absolute Gasteiger partial charge is 0.462 e. The molecule has 2 saturated heterocycles. The second kappa shape index (κ2) is 7.09. The number of hydrogen-bond acceptors (Lipinski definition) is 7. The van der Waals surface area contributed by atoms with E-state index < -0.39 is 0 Å². The summed E-state index contributed by atoms with van der Waals surface area (Å²) in [5, 5.41) is 1.33. The van der Waals surface area contributed by atoms with Crippen molar-refractivity contribution in [2.45, 2.75) is 19.7 Å². The maximum Gasteiger partial charge on any atom is 0.127 e. The number of furan rings is 1. The molecule has 1 aromatic heterocycles. The summed E-state index contributed by atoms with van der Waals surface area (Å²) >= 11 is 16.7. The summed E-state index contributed by atoms with van der Waals surface area (Å²) in [6.45, 7) is 0. The zero-order valence-corrected chi connectivity index (χ0v) is 15.3. The fourth-order valence-electron chi connectivity index (χ4n) is 2.01. The van der Waals surface area contributed by atoms with Crippen molar-refractivity contribution in [3.8, 4) is 0 Å². The van der Waals surface area contributed by atoms with Gasteiger partial charge in [0.25, 0.3) is 0 Å². The molecule has 7 heteroatoms. The van der Waals surface area contributed by atoms with Gasteiger partial charge in [0.2, 0.25) is 0 Å². The molecule has 4 atom stereocenters. The van der Waals surface area contributed by atoms with E-state index in [-0.39, 0.29) is 0 Å². The maximum absolute atomic E-state index is 6.10. The molecule has 0 N–H and O–H groups in total. The number of rotatable bonds is 4. The molecule has 4 unspecified atom stereocenters. The van der Waals surface area contributed by atoms with Gasteiger partial charge in [0.05, 0.1) is 0 Å². The molecule has 2 aliphatic heterocycles. The predicted molar refractivity (Wildman–Crippen MR) is 99.6 cm³/mol. The molecular weight excluding hydrogens is 353 g/mol. The van der Waals surface area contributed by atoms with E-state index in [0.29, 0.717) is 19.7 Å². The van der Waals surface area contributed by atoms with Crippen molar-refractivity contribution >= 4 is 72.3 Å². The van der Waals surface area contributed by atoms with Crippen LogP contribution in [-0.4, -0.2) is 33.5 Å². The summed E-state index contributed by atoms with van der Waals surface area (Å²) in [5.41, 5.74) is 0. The van der Waals surface area contributed by atoms with Crippen molar-refractivity contribution in [3.05, 3.63) is 23.7 Å². The lowest BCUT2D eigenvalue weighted by atomic mass is 10.4. The van der Waals surface area contributed by atoms with Crippen molar-refractivity contribution in [3.63, 3.8) is 0 Å². The van der Waals surface area contributed by atoms with Gasteiger partial charge in [0.15, 0.2) is 0 Å². The first kappa shape index (κ1) is 15.3. The summed E-state index contributed by atoms with van der Waals surface area (Å²) in [4.78, 5) is 0. The van der Waals surface area contributed by atoms with Crippen molar-refractivity contribution in [2.75, 3.05) is 23.0 Å². The quantitative estimate of drug-likeness (QED) is 0.736. The second-order valence-corrected chi connectivity index (χ2v) is 10.9. The Balaban J connectivity index is 1.64. The van der Waals surface area contributed by atoms with Gasteiger partial charge < -0.3 is 4.42 Å². The molecule has 2 fully saturated rings. The predicted octanol–water partition coefficient (Wildman–Crippen LogP) is 4.83. The zero-order chi connectivity index (χ0) is 13.2. The van der Waals surface area contributed by atoms with Gasteiger partial charge in [-0.25, -0.2) is 0 Å². The van der Waals surface area contributed by atoms with Crippen LogP contribution in [0.1, 0.15) is 20.7 Å². The molecule has 0 radical (unpaired) electrons. The maximum atomic E-state index is 6.10. The Bertz CT molecular complexity index is 386. The number of thioether (sulfide) groups is 4. The van der Waals surface area contributed by atoms with E-state index in [4.69, 9.17) is 4.42 Å². The van der Waals surface area contributed by atoms with Gasteiger partial charge in [-0.1, -0.05) is 0 Å². The van der Waals surface area contributed by atoms with Crippen LogP contribution in [0.5, 0.6) is 0 Å². The van der Waals surface area contributed by atoms with Gasteiger partial charge in [-0.3, -0.25) is 0 Å². The van der Waals surface area contributed by atoms with E-state index in [2.05, 4.69) is 37.4 Å². The first-order valence-corrected chi connectivity index (χ1v) is 11.4. The van der Waals surface area contributed by atoms with Crippen molar-refractivity contribution in [1.29, 1.82) is 0 Å². The Labute approximate surface area is 142 Å². The fourth-order valence-corrected chi connectivity index (χ4v) is 9.26. The van der Waals surface area contributed by atoms with Crippen LogP contribution >= 0.6 is 72.3 Å². The SMILES string of the molecule is SCC1CSC(c2ccc(C3SCC(CS)S3)o2)S1. The Kier molecular flexibility index (Phi) is 5.71. The summed E-state index contributed by atoms with van der Waals surface area (Å²) in [7, 11) is 0. The zero-order valence-electron chi connectivity index (χ0n) is 10.2. The first-order chi connectivity index (χ1) is 9.30. The highest BCUT2D eigenvalue weighted by molar-refractivity contribution is 8.20. The fraction of sp³-hybridized carbons (Fsp3) is 0.667. The highest BCUT2D eigenvalue weighted by atomic mass is 32.2. The van der Waals surface area contributed by atoms with Gasteiger partial charge in [-0.2, -0.15) is 25.3 Å². The smallest absolute Gasteiger partial charge is 0.127 e. The third kappa shape index (κ3) is 3.59. The van der Waals surface area contributed by atoms with Crippen LogP contribution < -0.4 is 0 Å². The highest BCUT2D eigenvalue weighted by Crippen LogP contribution is 2.53. The van der Waals surface area contributed by atoms with Crippen LogP contribution in [0.25, 0.3) is 0 Å². The van der Waals surface area contributed by atoms with E-state index in [1.807, 2.05) is 47.0 Å². The molecule has 3 heterocycles. The standard InChI is InChI=1S/C12H16OS6/c14-3-7-5-16-11(18-7)9-1-2-10(13-9)12-17-6-8(4-15)19-12/h1-2,7-8,11-12,14-15H,3-6H2. The molecule has 3 rings (SSSR count). The van der Waals surface area contributed by atoms with Crippen LogP contribution in [-0.2, 0) is 0 Å². The lowest BCUT2D eigenvalue weighted by molar-refractivity contribution is 0.495. The summed E-state index contributed by atoms with van der Waals surface area (Å²) < 4.78 is 7.03. The van der Waals surface area contributed by atoms with E-state index in [1.165, 1.54) is 11.5 Å². The lowest BCUT2D eigenvalue weighted by Gasteiger charge is -2.08. The van der Waals surface area contributed by atoms with Gasteiger partial charge in [-0.05, 0) is 12.1 Å². The molecular formula is C12H16OS6. The van der Waals surface area contributed by atoms with Crippen LogP contribution in [0.2, 0.25) is 0 Å².